The average Bonchev–Trinajstić information content (AvgIpc) is 2.93. The molecule has 0 aliphatic carbocycles. The van der Waals surface area contributed by atoms with Crippen LogP contribution in [0.1, 0.15) is 15.9 Å². The van der Waals surface area contributed by atoms with Crippen LogP contribution in [0.15, 0.2) is 18.2 Å². The van der Waals surface area contributed by atoms with E-state index in [0.29, 0.717) is 24.5 Å². The van der Waals surface area contributed by atoms with Gasteiger partial charge in [0, 0.05) is 20.0 Å². The smallest absolute Gasteiger partial charge is 0.255 e. The topological polar surface area (TPSA) is 84.9 Å². The molecule has 1 N–H and O–H groups in total. The first-order valence-electron chi connectivity index (χ1n) is 7.68. The van der Waals surface area contributed by atoms with Crippen molar-refractivity contribution in [1.29, 1.82) is 0 Å². The highest BCUT2D eigenvalue weighted by molar-refractivity contribution is 7.89. The van der Waals surface area contributed by atoms with Gasteiger partial charge in [0.1, 0.15) is 5.75 Å². The first kappa shape index (κ1) is 18.7. The Labute approximate surface area is 143 Å². The molecular formula is C16H24N2O5S. The van der Waals surface area contributed by atoms with Crippen LogP contribution in [0.25, 0.3) is 0 Å². The van der Waals surface area contributed by atoms with E-state index in [1.165, 1.54) is 25.5 Å². The average molecular weight is 356 g/mol. The van der Waals surface area contributed by atoms with Crippen molar-refractivity contribution >= 4 is 15.9 Å². The fraction of sp³-hybridized carbons (Fsp3) is 0.562. The van der Waals surface area contributed by atoms with Crippen molar-refractivity contribution in [2.75, 3.05) is 40.2 Å². The van der Waals surface area contributed by atoms with Crippen molar-refractivity contribution in [3.05, 3.63) is 29.3 Å². The van der Waals surface area contributed by atoms with Crippen molar-refractivity contribution in [1.82, 2.24) is 9.62 Å². The normalized spacial score (nSPS) is 21.0. The van der Waals surface area contributed by atoms with Gasteiger partial charge in [0.25, 0.3) is 5.91 Å². The number of carbonyl (C=O) groups is 1. The van der Waals surface area contributed by atoms with Gasteiger partial charge in [-0.15, -0.1) is 0 Å². The highest BCUT2D eigenvalue weighted by Crippen LogP contribution is 2.22. The molecule has 0 radical (unpaired) electrons. The third-order valence-corrected chi connectivity index (χ3v) is 6.06. The molecule has 1 heterocycles. The van der Waals surface area contributed by atoms with E-state index in [2.05, 4.69) is 5.32 Å². The maximum absolute atomic E-state index is 12.6. The number of hydrogen-bond acceptors (Lipinski definition) is 5. The summed E-state index contributed by atoms with van der Waals surface area (Å²) in [6.45, 7) is 2.50. The molecule has 8 heteroatoms. The third kappa shape index (κ3) is 4.25. The second-order valence-corrected chi connectivity index (χ2v) is 8.37. The van der Waals surface area contributed by atoms with E-state index in [1.54, 1.807) is 12.1 Å². The molecule has 1 fully saturated rings. The third-order valence-electron chi connectivity index (χ3n) is 4.10. The van der Waals surface area contributed by atoms with Gasteiger partial charge in [-0.1, -0.05) is 11.6 Å². The summed E-state index contributed by atoms with van der Waals surface area (Å²) in [5.74, 6) is -0.152. The summed E-state index contributed by atoms with van der Waals surface area (Å²) >= 11 is 0. The van der Waals surface area contributed by atoms with Crippen LogP contribution >= 0.6 is 0 Å². The number of nitrogens with zero attached hydrogens (tertiary/aromatic N) is 1. The molecular weight excluding hydrogens is 332 g/mol. The molecule has 0 saturated carbocycles. The van der Waals surface area contributed by atoms with Gasteiger partial charge in [-0.05, 0) is 19.1 Å². The first-order chi connectivity index (χ1) is 11.2. The Morgan fingerprint density at radius 3 is 2.71 bits per heavy atom. The number of methoxy groups -OCH3 is 1. The minimum atomic E-state index is -3.36. The lowest BCUT2D eigenvalue weighted by Gasteiger charge is -2.21. The Kier molecular flexibility index (Phi) is 5.84. The second kappa shape index (κ2) is 7.50. The number of amides is 1. The Bertz CT molecular complexity index is 702. The number of benzene rings is 1. The predicted octanol–water partition coefficient (Wildman–Crippen LogP) is 0.640. The lowest BCUT2D eigenvalue weighted by Crippen LogP contribution is -2.43. The number of carbonyl (C=O) groups excluding carboxylic acids is 1. The first-order valence-corrected chi connectivity index (χ1v) is 9.29. The van der Waals surface area contributed by atoms with Gasteiger partial charge in [-0.2, -0.15) is 0 Å². The number of sulfonamides is 1. The number of hydrogen-bond donors (Lipinski definition) is 1. The zero-order valence-electron chi connectivity index (χ0n) is 14.4. The molecule has 1 aliphatic rings. The van der Waals surface area contributed by atoms with Crippen LogP contribution in [0.5, 0.6) is 5.75 Å². The van der Waals surface area contributed by atoms with E-state index in [-0.39, 0.29) is 23.6 Å². The van der Waals surface area contributed by atoms with Gasteiger partial charge in [-0.25, -0.2) is 12.7 Å². The van der Waals surface area contributed by atoms with Crippen LogP contribution < -0.4 is 10.1 Å². The molecule has 1 amide bonds. The van der Waals surface area contributed by atoms with Crippen molar-refractivity contribution in [3.63, 3.8) is 0 Å². The number of nitrogens with one attached hydrogen (secondary N) is 1. The summed E-state index contributed by atoms with van der Waals surface area (Å²) in [7, 11) is 1.14. The molecule has 134 valence electrons. The fourth-order valence-corrected chi connectivity index (χ4v) is 3.76. The van der Waals surface area contributed by atoms with Crippen molar-refractivity contribution < 1.29 is 22.7 Å². The van der Waals surface area contributed by atoms with Crippen LogP contribution in [-0.2, 0) is 14.8 Å². The fourth-order valence-electron chi connectivity index (χ4n) is 2.59. The molecule has 2 rings (SSSR count). The summed E-state index contributed by atoms with van der Waals surface area (Å²) in [6, 6.07) is 5.00. The van der Waals surface area contributed by atoms with Crippen LogP contribution in [-0.4, -0.2) is 64.8 Å². The van der Waals surface area contributed by atoms with E-state index in [9.17, 15) is 13.2 Å². The molecule has 1 aliphatic heterocycles. The molecule has 0 spiro atoms. The molecule has 1 aromatic carbocycles. The molecule has 24 heavy (non-hydrogen) atoms. The SMILES string of the molecule is COc1ccc(C)cc1C(=O)N[C@H]1COC[C@H]1CS(=O)(=O)N(C)C. The maximum atomic E-state index is 12.6. The largest absolute Gasteiger partial charge is 0.496 e. The van der Waals surface area contributed by atoms with Gasteiger partial charge >= 0.3 is 0 Å². The summed E-state index contributed by atoms with van der Waals surface area (Å²) in [4.78, 5) is 12.6. The van der Waals surface area contributed by atoms with Crippen molar-refractivity contribution in [2.45, 2.75) is 13.0 Å². The predicted molar refractivity (Wildman–Crippen MR) is 90.8 cm³/mol. The summed E-state index contributed by atoms with van der Waals surface area (Å²) in [6.07, 6.45) is 0. The number of rotatable bonds is 6. The maximum Gasteiger partial charge on any atom is 0.255 e. The van der Waals surface area contributed by atoms with Crippen LogP contribution in [0.2, 0.25) is 0 Å². The zero-order chi connectivity index (χ0) is 17.9. The van der Waals surface area contributed by atoms with Gasteiger partial charge in [0.05, 0.1) is 37.7 Å². The molecule has 0 aromatic heterocycles. The minimum Gasteiger partial charge on any atom is -0.496 e. The Morgan fingerprint density at radius 2 is 2.08 bits per heavy atom. The molecule has 2 atom stereocenters. The van der Waals surface area contributed by atoms with Gasteiger partial charge in [0.15, 0.2) is 0 Å². The molecule has 0 bridgehead atoms. The summed E-state index contributed by atoms with van der Waals surface area (Å²) in [5, 5.41) is 2.88. The Morgan fingerprint density at radius 1 is 1.38 bits per heavy atom. The van der Waals surface area contributed by atoms with E-state index >= 15 is 0 Å². The number of aryl methyl sites for hydroxylation is 1. The summed E-state index contributed by atoms with van der Waals surface area (Å²) < 4.78 is 35.9. The van der Waals surface area contributed by atoms with Gasteiger partial charge < -0.3 is 14.8 Å². The molecule has 1 aromatic rings. The Hall–Kier alpha value is -1.64. The molecule has 7 nitrogen and oxygen atoms in total. The summed E-state index contributed by atoms with van der Waals surface area (Å²) in [5.41, 5.74) is 1.37. The minimum absolute atomic E-state index is 0.0596. The molecule has 1 saturated heterocycles. The zero-order valence-corrected chi connectivity index (χ0v) is 15.2. The van der Waals surface area contributed by atoms with Crippen molar-refractivity contribution in [3.8, 4) is 5.75 Å². The van der Waals surface area contributed by atoms with Gasteiger partial charge in [0.2, 0.25) is 10.0 Å². The second-order valence-electron chi connectivity index (χ2n) is 6.14. The van der Waals surface area contributed by atoms with Crippen LogP contribution in [0.3, 0.4) is 0 Å². The lowest BCUT2D eigenvalue weighted by molar-refractivity contribution is 0.0923. The molecule has 0 unspecified atom stereocenters. The quantitative estimate of drug-likeness (QED) is 0.809. The van der Waals surface area contributed by atoms with E-state index in [4.69, 9.17) is 9.47 Å². The lowest BCUT2D eigenvalue weighted by atomic mass is 10.0. The highest BCUT2D eigenvalue weighted by Gasteiger charge is 2.34. The van der Waals surface area contributed by atoms with E-state index in [0.717, 1.165) is 5.56 Å². The number of ether oxygens (including phenoxy) is 2. The van der Waals surface area contributed by atoms with Crippen LogP contribution in [0.4, 0.5) is 0 Å². The van der Waals surface area contributed by atoms with E-state index in [1.807, 2.05) is 13.0 Å². The monoisotopic (exact) mass is 356 g/mol. The highest BCUT2D eigenvalue weighted by atomic mass is 32.2. The van der Waals surface area contributed by atoms with Crippen molar-refractivity contribution in [2.24, 2.45) is 5.92 Å². The standard InChI is InChI=1S/C16H24N2O5S/c1-11-5-6-15(22-4)13(7-11)16(19)17-14-9-23-8-12(14)10-24(20,21)18(2)3/h5-7,12,14H,8-10H2,1-4H3,(H,17,19)/t12-,14-/m0/s1. The Balaban J connectivity index is 2.12. The van der Waals surface area contributed by atoms with Gasteiger partial charge in [-0.3, -0.25) is 4.79 Å². The van der Waals surface area contributed by atoms with Crippen LogP contribution in [0, 0.1) is 12.8 Å². The van der Waals surface area contributed by atoms with E-state index < -0.39 is 10.0 Å².